The Hall–Kier alpha value is -1.68. The van der Waals surface area contributed by atoms with Gasteiger partial charge in [0, 0.05) is 6.42 Å². The van der Waals surface area contributed by atoms with Crippen LogP contribution in [0.25, 0.3) is 0 Å². The van der Waals surface area contributed by atoms with E-state index in [0.29, 0.717) is 18.8 Å². The number of carbonyl (C=O) groups excluding carboxylic acids is 2. The van der Waals surface area contributed by atoms with Gasteiger partial charge in [0.2, 0.25) is 5.91 Å². The number of amides is 1. The van der Waals surface area contributed by atoms with E-state index in [1.165, 1.54) is 5.56 Å². The fraction of sp³-hybridized carbons (Fsp3) is 0.579. The third-order valence-electron chi connectivity index (χ3n) is 4.17. The molecule has 1 rings (SSSR count). The molecule has 0 fully saturated rings. The minimum atomic E-state index is -0.575. The average Bonchev–Trinajstić information content (AvgIpc) is 2.51. The quantitative estimate of drug-likeness (QED) is 0.774. The predicted molar refractivity (Wildman–Crippen MR) is 94.3 cm³/mol. The molecule has 0 aliphatic heterocycles. The zero-order valence-corrected chi connectivity index (χ0v) is 14.9. The Balaban J connectivity index is 2.48. The fourth-order valence-electron chi connectivity index (χ4n) is 2.25. The minimum absolute atomic E-state index is 0.0299. The van der Waals surface area contributed by atoms with Gasteiger partial charge in [-0.05, 0) is 36.3 Å². The van der Waals surface area contributed by atoms with Gasteiger partial charge in [0.25, 0.3) is 0 Å². The van der Waals surface area contributed by atoms with Gasteiger partial charge in [0.05, 0.1) is 12.1 Å². The summed E-state index contributed by atoms with van der Waals surface area (Å²) in [5.41, 5.74) is 8.22. The number of carbonyl (C=O) groups is 2. The Kier molecular flexibility index (Phi) is 7.43. The van der Waals surface area contributed by atoms with Crippen molar-refractivity contribution < 1.29 is 9.59 Å². The van der Waals surface area contributed by atoms with Gasteiger partial charge in [-0.3, -0.25) is 9.59 Å². The molecule has 1 amide bonds. The van der Waals surface area contributed by atoms with Gasteiger partial charge in [-0.15, -0.1) is 0 Å². The maximum Gasteiger partial charge on any atom is 0.237 e. The van der Waals surface area contributed by atoms with Crippen LogP contribution in [0.15, 0.2) is 24.3 Å². The van der Waals surface area contributed by atoms with E-state index in [9.17, 15) is 9.59 Å². The lowest BCUT2D eigenvalue weighted by Crippen LogP contribution is -2.49. The molecular weight excluding hydrogens is 288 g/mol. The largest absolute Gasteiger partial charge is 0.345 e. The lowest BCUT2D eigenvalue weighted by molar-refractivity contribution is -0.128. The van der Waals surface area contributed by atoms with Gasteiger partial charge in [-0.25, -0.2) is 0 Å². The maximum atomic E-state index is 12.2. The molecule has 0 radical (unpaired) electrons. The van der Waals surface area contributed by atoms with Crippen LogP contribution < -0.4 is 11.1 Å². The van der Waals surface area contributed by atoms with Crippen molar-refractivity contribution in [3.63, 3.8) is 0 Å². The summed E-state index contributed by atoms with van der Waals surface area (Å²) in [6.07, 6.45) is 1.10. The lowest BCUT2D eigenvalue weighted by Gasteiger charge is -2.19. The van der Waals surface area contributed by atoms with Gasteiger partial charge in [0.1, 0.15) is 0 Å². The van der Waals surface area contributed by atoms with Gasteiger partial charge in [-0.1, -0.05) is 52.0 Å². The smallest absolute Gasteiger partial charge is 0.237 e. The molecule has 4 heteroatoms. The van der Waals surface area contributed by atoms with Gasteiger partial charge >= 0.3 is 0 Å². The molecule has 4 nitrogen and oxygen atoms in total. The third kappa shape index (κ3) is 6.14. The molecule has 0 saturated carbocycles. The van der Waals surface area contributed by atoms with Crippen LogP contribution in [0, 0.1) is 5.92 Å². The van der Waals surface area contributed by atoms with E-state index in [1.54, 1.807) is 6.92 Å². The number of nitrogens with two attached hydrogens (primary N) is 1. The third-order valence-corrected chi connectivity index (χ3v) is 4.17. The molecule has 128 valence electrons. The van der Waals surface area contributed by atoms with E-state index in [-0.39, 0.29) is 17.6 Å². The molecule has 0 saturated heterocycles. The summed E-state index contributed by atoms with van der Waals surface area (Å²) in [5, 5.41) is 2.71. The molecule has 0 aliphatic rings. The van der Waals surface area contributed by atoms with Crippen LogP contribution in [0.1, 0.15) is 58.1 Å². The van der Waals surface area contributed by atoms with E-state index >= 15 is 0 Å². The zero-order chi connectivity index (χ0) is 17.6. The Morgan fingerprint density at radius 2 is 1.61 bits per heavy atom. The molecule has 0 heterocycles. The number of rotatable bonds is 8. The van der Waals surface area contributed by atoms with Crippen LogP contribution in [-0.4, -0.2) is 23.8 Å². The normalized spacial score (nSPS) is 13.9. The summed E-state index contributed by atoms with van der Waals surface area (Å²) in [6, 6.07) is 7.28. The van der Waals surface area contributed by atoms with Crippen molar-refractivity contribution in [2.24, 2.45) is 11.7 Å². The molecule has 3 N–H and O–H groups in total. The molecule has 0 aromatic heterocycles. The van der Waals surface area contributed by atoms with Crippen molar-refractivity contribution in [3.8, 4) is 0 Å². The summed E-state index contributed by atoms with van der Waals surface area (Å²) >= 11 is 0. The van der Waals surface area contributed by atoms with Crippen LogP contribution >= 0.6 is 0 Å². The topological polar surface area (TPSA) is 72.2 Å². The molecule has 1 aromatic carbocycles. The first kappa shape index (κ1) is 19.4. The van der Waals surface area contributed by atoms with Crippen molar-refractivity contribution in [1.29, 1.82) is 0 Å². The fourth-order valence-corrected chi connectivity index (χ4v) is 2.25. The molecule has 0 unspecified atom stereocenters. The Labute approximate surface area is 139 Å². The van der Waals surface area contributed by atoms with Crippen LogP contribution in [0.3, 0.4) is 0 Å². The predicted octanol–water partition coefficient (Wildman–Crippen LogP) is 2.80. The lowest BCUT2D eigenvalue weighted by atomic mass is 9.98. The number of hydrogen-bond acceptors (Lipinski definition) is 3. The SMILES string of the molecule is CC(C)c1ccc(CCC(=O)[C@H](C)NC(=O)[C@@H](N)C(C)C)cc1. The van der Waals surface area contributed by atoms with E-state index in [2.05, 4.69) is 43.4 Å². The number of benzene rings is 1. The van der Waals surface area contributed by atoms with Crippen LogP contribution in [-0.2, 0) is 16.0 Å². The highest BCUT2D eigenvalue weighted by atomic mass is 16.2. The maximum absolute atomic E-state index is 12.2. The Bertz CT molecular complexity index is 521. The second kappa shape index (κ2) is 8.82. The van der Waals surface area contributed by atoms with E-state index in [4.69, 9.17) is 5.73 Å². The number of Topliss-reactive ketones (excluding diaryl/α,β-unsaturated/α-hetero) is 1. The zero-order valence-electron chi connectivity index (χ0n) is 14.9. The molecular formula is C19H30N2O2. The molecule has 23 heavy (non-hydrogen) atoms. The Morgan fingerprint density at radius 3 is 2.09 bits per heavy atom. The van der Waals surface area contributed by atoms with E-state index in [0.717, 1.165) is 5.56 Å². The van der Waals surface area contributed by atoms with Crippen molar-refractivity contribution >= 4 is 11.7 Å². The molecule has 2 atom stereocenters. The van der Waals surface area contributed by atoms with Crippen LogP contribution in [0.2, 0.25) is 0 Å². The second-order valence-electron chi connectivity index (χ2n) is 6.86. The van der Waals surface area contributed by atoms with E-state index in [1.807, 2.05) is 13.8 Å². The van der Waals surface area contributed by atoms with Gasteiger partial charge in [-0.2, -0.15) is 0 Å². The van der Waals surface area contributed by atoms with Crippen LogP contribution in [0.4, 0.5) is 0 Å². The average molecular weight is 318 g/mol. The highest BCUT2D eigenvalue weighted by Crippen LogP contribution is 2.15. The number of hydrogen-bond donors (Lipinski definition) is 2. The van der Waals surface area contributed by atoms with Gasteiger partial charge in [0.15, 0.2) is 5.78 Å². The van der Waals surface area contributed by atoms with Crippen molar-refractivity contribution in [1.82, 2.24) is 5.32 Å². The van der Waals surface area contributed by atoms with E-state index < -0.39 is 12.1 Å². The van der Waals surface area contributed by atoms with Gasteiger partial charge < -0.3 is 11.1 Å². The summed E-state index contributed by atoms with van der Waals surface area (Å²) in [6.45, 7) is 9.81. The van der Waals surface area contributed by atoms with Crippen molar-refractivity contribution in [2.45, 2.75) is 65.5 Å². The Morgan fingerprint density at radius 1 is 1.04 bits per heavy atom. The number of aryl methyl sites for hydroxylation is 1. The van der Waals surface area contributed by atoms with Crippen LogP contribution in [0.5, 0.6) is 0 Å². The summed E-state index contributed by atoms with van der Waals surface area (Å²) in [5.74, 6) is 0.326. The monoisotopic (exact) mass is 318 g/mol. The first-order chi connectivity index (χ1) is 10.7. The standard InChI is InChI=1S/C19H30N2O2/c1-12(2)16-9-6-15(7-10-16)8-11-17(22)14(5)21-19(23)18(20)13(3)4/h6-7,9-10,12-14,18H,8,11,20H2,1-5H3,(H,21,23)/t14-,18-/m0/s1. The molecule has 1 aromatic rings. The molecule has 0 bridgehead atoms. The highest BCUT2D eigenvalue weighted by Gasteiger charge is 2.21. The van der Waals surface area contributed by atoms with Crippen molar-refractivity contribution in [3.05, 3.63) is 35.4 Å². The molecule has 0 aliphatic carbocycles. The number of ketones is 1. The number of nitrogens with one attached hydrogen (secondary N) is 1. The summed E-state index contributed by atoms with van der Waals surface area (Å²) < 4.78 is 0. The minimum Gasteiger partial charge on any atom is -0.345 e. The second-order valence-corrected chi connectivity index (χ2v) is 6.86. The summed E-state index contributed by atoms with van der Waals surface area (Å²) in [7, 11) is 0. The highest BCUT2D eigenvalue weighted by molar-refractivity contribution is 5.90. The first-order valence-electron chi connectivity index (χ1n) is 8.39. The molecule has 0 spiro atoms. The first-order valence-corrected chi connectivity index (χ1v) is 8.39. The van der Waals surface area contributed by atoms with Crippen molar-refractivity contribution in [2.75, 3.05) is 0 Å². The summed E-state index contributed by atoms with van der Waals surface area (Å²) in [4.78, 5) is 24.1.